The van der Waals surface area contributed by atoms with Gasteiger partial charge in [-0.25, -0.2) is 0 Å². The van der Waals surface area contributed by atoms with Crippen LogP contribution >= 0.6 is 11.8 Å². The second kappa shape index (κ2) is 8.72. The number of aromatic nitrogens is 1. The van der Waals surface area contributed by atoms with Gasteiger partial charge in [-0.2, -0.15) is 0 Å². The van der Waals surface area contributed by atoms with E-state index in [2.05, 4.69) is 5.32 Å². The summed E-state index contributed by atoms with van der Waals surface area (Å²) in [5.74, 6) is -1.49. The van der Waals surface area contributed by atoms with Gasteiger partial charge in [0.05, 0.1) is 4.91 Å². The largest absolute Gasteiger partial charge is 0.368 e. The second-order valence-corrected chi connectivity index (χ2v) is 8.37. The van der Waals surface area contributed by atoms with Gasteiger partial charge in [-0.1, -0.05) is 35.9 Å². The molecule has 1 fully saturated rings. The first-order valence-corrected chi connectivity index (χ1v) is 10.6. The van der Waals surface area contributed by atoms with Crippen molar-refractivity contribution in [1.29, 1.82) is 0 Å². The van der Waals surface area contributed by atoms with Gasteiger partial charge in [-0.3, -0.25) is 24.1 Å². The number of nitrogens with zero attached hydrogens (tertiary/aromatic N) is 2. The van der Waals surface area contributed by atoms with E-state index in [0.29, 0.717) is 11.3 Å². The molecule has 2 aromatic carbocycles. The van der Waals surface area contributed by atoms with Gasteiger partial charge in [0.25, 0.3) is 11.1 Å². The molecule has 1 aliphatic rings. The maximum atomic E-state index is 12.8. The Kier molecular flexibility index (Phi) is 5.83. The number of anilines is 1. The normalized spacial score (nSPS) is 15.0. The summed E-state index contributed by atoms with van der Waals surface area (Å²) < 4.78 is 1.70. The highest BCUT2D eigenvalue weighted by atomic mass is 32.2. The lowest BCUT2D eigenvalue weighted by atomic mass is 10.1. The van der Waals surface area contributed by atoms with Crippen molar-refractivity contribution in [2.45, 2.75) is 13.5 Å². The standard InChI is InChI=1S/C23H20N4O4S/c1-14-6-8-16(9-7-14)25-21(29)13-27-22(30)19(32-23(27)31)10-15-11-26(12-20(24)28)18-5-3-2-4-17(15)18/h2-11H,12-13H2,1H3,(H2,24,28)(H,25,29)/b19-10-. The van der Waals surface area contributed by atoms with Crippen molar-refractivity contribution in [2.75, 3.05) is 11.9 Å². The maximum Gasteiger partial charge on any atom is 0.294 e. The quantitative estimate of drug-likeness (QED) is 0.563. The van der Waals surface area contributed by atoms with E-state index in [1.807, 2.05) is 43.3 Å². The maximum absolute atomic E-state index is 12.8. The summed E-state index contributed by atoms with van der Waals surface area (Å²) in [4.78, 5) is 50.1. The van der Waals surface area contributed by atoms with Crippen LogP contribution in [0.25, 0.3) is 17.0 Å². The Morgan fingerprint density at radius 1 is 1.06 bits per heavy atom. The molecule has 32 heavy (non-hydrogen) atoms. The van der Waals surface area contributed by atoms with Crippen molar-refractivity contribution in [1.82, 2.24) is 9.47 Å². The van der Waals surface area contributed by atoms with Gasteiger partial charge in [-0.05, 0) is 43.0 Å². The van der Waals surface area contributed by atoms with Gasteiger partial charge in [-0.15, -0.1) is 0 Å². The Bertz CT molecular complexity index is 1280. The minimum absolute atomic E-state index is 0.00495. The highest BCUT2D eigenvalue weighted by Gasteiger charge is 2.36. The molecular formula is C23H20N4O4S. The number of para-hydroxylation sites is 1. The van der Waals surface area contributed by atoms with Crippen molar-refractivity contribution in [3.8, 4) is 0 Å². The summed E-state index contributed by atoms with van der Waals surface area (Å²) >= 11 is 0.776. The minimum atomic E-state index is -0.536. The van der Waals surface area contributed by atoms with E-state index in [9.17, 15) is 19.2 Å². The number of benzene rings is 2. The number of amides is 4. The fourth-order valence-electron chi connectivity index (χ4n) is 3.45. The zero-order valence-electron chi connectivity index (χ0n) is 17.2. The number of imide groups is 1. The second-order valence-electron chi connectivity index (χ2n) is 7.38. The molecular weight excluding hydrogens is 428 g/mol. The average Bonchev–Trinajstić information content (AvgIpc) is 3.22. The van der Waals surface area contributed by atoms with Crippen LogP contribution in [0.3, 0.4) is 0 Å². The molecule has 0 atom stereocenters. The molecule has 8 nitrogen and oxygen atoms in total. The van der Waals surface area contributed by atoms with Crippen molar-refractivity contribution in [3.05, 3.63) is 70.8 Å². The van der Waals surface area contributed by atoms with Crippen LogP contribution in [0.4, 0.5) is 10.5 Å². The third-order valence-electron chi connectivity index (χ3n) is 4.94. The monoisotopic (exact) mass is 448 g/mol. The van der Waals surface area contributed by atoms with Gasteiger partial charge in [0, 0.05) is 28.4 Å². The molecule has 4 amide bonds. The summed E-state index contributed by atoms with van der Waals surface area (Å²) in [6, 6.07) is 14.6. The molecule has 0 spiro atoms. The number of primary amides is 1. The molecule has 3 N–H and O–H groups in total. The highest BCUT2D eigenvalue weighted by molar-refractivity contribution is 8.18. The van der Waals surface area contributed by atoms with E-state index in [1.54, 1.807) is 29.0 Å². The number of aryl methyl sites for hydroxylation is 1. The van der Waals surface area contributed by atoms with Crippen LogP contribution in [0, 0.1) is 6.92 Å². The first-order chi connectivity index (χ1) is 15.3. The van der Waals surface area contributed by atoms with Crippen molar-refractivity contribution >= 4 is 57.4 Å². The van der Waals surface area contributed by atoms with Gasteiger partial charge < -0.3 is 15.6 Å². The topological polar surface area (TPSA) is 114 Å². The smallest absolute Gasteiger partial charge is 0.294 e. The van der Waals surface area contributed by atoms with Crippen molar-refractivity contribution < 1.29 is 19.2 Å². The van der Waals surface area contributed by atoms with E-state index in [1.165, 1.54) is 0 Å². The van der Waals surface area contributed by atoms with Crippen molar-refractivity contribution in [2.24, 2.45) is 5.73 Å². The zero-order valence-corrected chi connectivity index (χ0v) is 18.0. The average molecular weight is 449 g/mol. The molecule has 1 saturated heterocycles. The van der Waals surface area contributed by atoms with E-state index in [0.717, 1.165) is 33.1 Å². The minimum Gasteiger partial charge on any atom is -0.368 e. The number of carbonyl (C=O) groups is 4. The van der Waals surface area contributed by atoms with Crippen LogP contribution in [0.5, 0.6) is 0 Å². The number of nitrogens with one attached hydrogen (secondary N) is 1. The molecule has 3 aromatic rings. The molecule has 1 aliphatic heterocycles. The Labute approximate surface area is 188 Å². The van der Waals surface area contributed by atoms with Gasteiger partial charge >= 0.3 is 0 Å². The highest BCUT2D eigenvalue weighted by Crippen LogP contribution is 2.34. The Balaban J connectivity index is 1.54. The van der Waals surface area contributed by atoms with E-state index >= 15 is 0 Å². The molecule has 0 saturated carbocycles. The van der Waals surface area contributed by atoms with Crippen LogP contribution < -0.4 is 11.1 Å². The lowest BCUT2D eigenvalue weighted by Crippen LogP contribution is -2.36. The molecule has 1 aromatic heterocycles. The number of hydrogen-bond acceptors (Lipinski definition) is 5. The summed E-state index contributed by atoms with van der Waals surface area (Å²) in [6.45, 7) is 1.55. The molecule has 0 aliphatic carbocycles. The lowest BCUT2D eigenvalue weighted by molar-refractivity contribution is -0.127. The Hall–Kier alpha value is -3.85. The van der Waals surface area contributed by atoms with E-state index in [4.69, 9.17) is 5.73 Å². The third kappa shape index (κ3) is 4.42. The summed E-state index contributed by atoms with van der Waals surface area (Å²) in [7, 11) is 0. The molecule has 0 bridgehead atoms. The van der Waals surface area contributed by atoms with E-state index in [-0.39, 0.29) is 18.0 Å². The molecule has 9 heteroatoms. The fraction of sp³-hybridized carbons (Fsp3) is 0.130. The number of nitrogens with two attached hydrogens (primary N) is 1. The SMILES string of the molecule is Cc1ccc(NC(=O)CN2C(=O)S/C(=C\c3cn(CC(N)=O)c4ccccc34)C2=O)cc1. The van der Waals surface area contributed by atoms with Crippen LogP contribution in [-0.4, -0.2) is 39.0 Å². The van der Waals surface area contributed by atoms with Gasteiger partial charge in [0.2, 0.25) is 11.8 Å². The predicted molar refractivity (Wildman–Crippen MR) is 124 cm³/mol. The third-order valence-corrected chi connectivity index (χ3v) is 5.85. The van der Waals surface area contributed by atoms with Crippen LogP contribution in [0.15, 0.2) is 59.6 Å². The van der Waals surface area contributed by atoms with Gasteiger partial charge in [0.1, 0.15) is 13.1 Å². The number of thioether (sulfide) groups is 1. The fourth-order valence-corrected chi connectivity index (χ4v) is 4.28. The lowest BCUT2D eigenvalue weighted by Gasteiger charge is -2.12. The molecule has 0 unspecified atom stereocenters. The number of hydrogen-bond donors (Lipinski definition) is 2. The van der Waals surface area contributed by atoms with Crippen LogP contribution in [0.1, 0.15) is 11.1 Å². The number of rotatable bonds is 6. The van der Waals surface area contributed by atoms with Crippen LogP contribution in [0.2, 0.25) is 0 Å². The predicted octanol–water partition coefficient (Wildman–Crippen LogP) is 3.11. The summed E-state index contributed by atoms with van der Waals surface area (Å²) in [6.07, 6.45) is 3.32. The molecule has 2 heterocycles. The summed E-state index contributed by atoms with van der Waals surface area (Å²) in [5, 5.41) is 2.99. The van der Waals surface area contributed by atoms with Crippen LogP contribution in [-0.2, 0) is 20.9 Å². The number of fused-ring (bicyclic) bond motifs is 1. The molecule has 0 radical (unpaired) electrons. The Morgan fingerprint density at radius 3 is 2.50 bits per heavy atom. The van der Waals surface area contributed by atoms with E-state index < -0.39 is 23.0 Å². The first-order valence-electron chi connectivity index (χ1n) is 9.80. The Morgan fingerprint density at radius 2 is 1.78 bits per heavy atom. The summed E-state index contributed by atoms with van der Waals surface area (Å²) in [5.41, 5.74) is 8.44. The zero-order chi connectivity index (χ0) is 22.8. The van der Waals surface area contributed by atoms with Crippen molar-refractivity contribution in [3.63, 3.8) is 0 Å². The molecule has 162 valence electrons. The van der Waals surface area contributed by atoms with Gasteiger partial charge in [0.15, 0.2) is 0 Å². The number of carbonyl (C=O) groups excluding carboxylic acids is 4. The first kappa shape index (κ1) is 21.4. The molecule has 4 rings (SSSR count).